The first-order valence-corrected chi connectivity index (χ1v) is 10.8. The third-order valence-corrected chi connectivity index (χ3v) is 6.07. The van der Waals surface area contributed by atoms with E-state index in [1.54, 1.807) is 0 Å². The number of hydrogen-bond acceptors (Lipinski definition) is 5. The fourth-order valence-electron chi connectivity index (χ4n) is 4.09. The molecule has 29 heavy (non-hydrogen) atoms. The Morgan fingerprint density at radius 2 is 2.10 bits per heavy atom. The van der Waals surface area contributed by atoms with Crippen molar-refractivity contribution in [3.05, 3.63) is 11.4 Å². The molecule has 1 unspecified atom stereocenters. The summed E-state index contributed by atoms with van der Waals surface area (Å²) >= 11 is 0. The predicted octanol–water partition coefficient (Wildman–Crippen LogP) is 1.42. The molecule has 1 saturated heterocycles. The zero-order valence-corrected chi connectivity index (χ0v) is 17.4. The molecule has 0 aromatic carbocycles. The number of hydrogen-bond donors (Lipinski definition) is 2. The molecule has 0 bridgehead atoms. The lowest BCUT2D eigenvalue weighted by Gasteiger charge is -2.44. The van der Waals surface area contributed by atoms with Crippen LogP contribution in [0.25, 0.3) is 0 Å². The zero-order valence-electron chi connectivity index (χ0n) is 17.4. The van der Waals surface area contributed by atoms with Crippen molar-refractivity contribution >= 4 is 11.9 Å². The SMILES string of the molecule is CC(C)CCNC(=O)N1CCCC2(C1)Cn1nnc(CNC(=O)C3CC3)c1CO2. The number of piperidine rings is 1. The van der Waals surface area contributed by atoms with Crippen molar-refractivity contribution in [3.8, 4) is 0 Å². The van der Waals surface area contributed by atoms with E-state index >= 15 is 0 Å². The van der Waals surface area contributed by atoms with Gasteiger partial charge in [-0.3, -0.25) is 4.79 Å². The number of amides is 3. The maximum Gasteiger partial charge on any atom is 0.317 e. The van der Waals surface area contributed by atoms with Gasteiger partial charge in [-0.15, -0.1) is 5.10 Å². The lowest BCUT2D eigenvalue weighted by Crippen LogP contribution is -2.57. The number of rotatable bonds is 6. The summed E-state index contributed by atoms with van der Waals surface area (Å²) in [5, 5.41) is 14.5. The molecule has 2 fully saturated rings. The van der Waals surface area contributed by atoms with Crippen LogP contribution in [-0.4, -0.2) is 57.1 Å². The molecule has 160 valence electrons. The molecule has 0 radical (unpaired) electrons. The monoisotopic (exact) mass is 404 g/mol. The molecule has 9 nitrogen and oxygen atoms in total. The Morgan fingerprint density at radius 1 is 1.28 bits per heavy atom. The molecular formula is C20H32N6O3. The number of nitrogens with one attached hydrogen (secondary N) is 2. The topological polar surface area (TPSA) is 101 Å². The largest absolute Gasteiger partial charge is 0.365 e. The van der Waals surface area contributed by atoms with Crippen molar-refractivity contribution < 1.29 is 14.3 Å². The highest BCUT2D eigenvalue weighted by molar-refractivity contribution is 5.80. The quantitative estimate of drug-likeness (QED) is 0.747. The second-order valence-corrected chi connectivity index (χ2v) is 9.04. The molecule has 3 aliphatic rings. The molecule has 3 heterocycles. The molecule has 2 aliphatic heterocycles. The minimum absolute atomic E-state index is 0.0128. The Labute approximate surface area is 171 Å². The van der Waals surface area contributed by atoms with Crippen molar-refractivity contribution in [3.63, 3.8) is 0 Å². The van der Waals surface area contributed by atoms with Gasteiger partial charge in [0, 0.05) is 19.0 Å². The van der Waals surface area contributed by atoms with Crippen molar-refractivity contribution in [2.75, 3.05) is 19.6 Å². The number of nitrogens with zero attached hydrogens (tertiary/aromatic N) is 4. The van der Waals surface area contributed by atoms with Crippen LogP contribution in [0.3, 0.4) is 0 Å². The second-order valence-electron chi connectivity index (χ2n) is 9.04. The van der Waals surface area contributed by atoms with Gasteiger partial charge in [-0.25, -0.2) is 9.48 Å². The third kappa shape index (κ3) is 4.71. The number of aromatic nitrogens is 3. The summed E-state index contributed by atoms with van der Waals surface area (Å²) in [6.45, 7) is 7.70. The van der Waals surface area contributed by atoms with Crippen LogP contribution in [0.1, 0.15) is 57.3 Å². The van der Waals surface area contributed by atoms with Gasteiger partial charge in [0.05, 0.1) is 31.9 Å². The third-order valence-electron chi connectivity index (χ3n) is 6.07. The van der Waals surface area contributed by atoms with Gasteiger partial charge in [0.2, 0.25) is 5.91 Å². The smallest absolute Gasteiger partial charge is 0.317 e. The maximum absolute atomic E-state index is 12.5. The normalized spacial score (nSPS) is 23.9. The molecule has 1 aromatic rings. The maximum atomic E-state index is 12.5. The second kappa shape index (κ2) is 8.30. The highest BCUT2D eigenvalue weighted by Gasteiger charge is 2.42. The van der Waals surface area contributed by atoms with Crippen LogP contribution < -0.4 is 10.6 Å². The average molecular weight is 405 g/mol. The Kier molecular flexibility index (Phi) is 5.76. The van der Waals surface area contributed by atoms with Crippen LogP contribution in [0, 0.1) is 11.8 Å². The van der Waals surface area contributed by atoms with E-state index in [9.17, 15) is 9.59 Å². The van der Waals surface area contributed by atoms with Crippen LogP contribution >= 0.6 is 0 Å². The summed E-state index contributed by atoms with van der Waals surface area (Å²) in [6.07, 6.45) is 4.75. The van der Waals surface area contributed by atoms with Crippen molar-refractivity contribution in [1.29, 1.82) is 0 Å². The molecule has 2 N–H and O–H groups in total. The van der Waals surface area contributed by atoms with Gasteiger partial charge in [-0.05, 0) is 38.0 Å². The Balaban J connectivity index is 1.34. The molecular weight excluding hydrogens is 372 g/mol. The first-order valence-electron chi connectivity index (χ1n) is 10.8. The van der Waals surface area contributed by atoms with Crippen molar-refractivity contribution in [2.24, 2.45) is 11.8 Å². The van der Waals surface area contributed by atoms with E-state index in [1.807, 2.05) is 9.58 Å². The van der Waals surface area contributed by atoms with Gasteiger partial charge >= 0.3 is 6.03 Å². The lowest BCUT2D eigenvalue weighted by molar-refractivity contribution is -0.123. The molecule has 1 atom stereocenters. The van der Waals surface area contributed by atoms with Gasteiger partial charge in [0.15, 0.2) is 0 Å². The van der Waals surface area contributed by atoms with E-state index in [-0.39, 0.29) is 17.9 Å². The number of ether oxygens (including phenoxy) is 1. The van der Waals surface area contributed by atoms with E-state index in [0.717, 1.165) is 50.0 Å². The summed E-state index contributed by atoms with van der Waals surface area (Å²) < 4.78 is 8.18. The Bertz CT molecular complexity index is 759. The summed E-state index contributed by atoms with van der Waals surface area (Å²) in [7, 11) is 0. The van der Waals surface area contributed by atoms with E-state index < -0.39 is 5.60 Å². The van der Waals surface area contributed by atoms with E-state index in [2.05, 4.69) is 34.8 Å². The number of carbonyl (C=O) groups is 2. The summed E-state index contributed by atoms with van der Waals surface area (Å²) in [5.74, 6) is 0.853. The van der Waals surface area contributed by atoms with E-state index in [1.165, 1.54) is 0 Å². The van der Waals surface area contributed by atoms with Crippen molar-refractivity contribution in [1.82, 2.24) is 30.5 Å². The van der Waals surface area contributed by atoms with Crippen LogP contribution in [0.5, 0.6) is 0 Å². The van der Waals surface area contributed by atoms with Gasteiger partial charge < -0.3 is 20.3 Å². The van der Waals surface area contributed by atoms with E-state index in [0.29, 0.717) is 38.7 Å². The minimum Gasteiger partial charge on any atom is -0.365 e. The Hall–Kier alpha value is -2.16. The van der Waals surface area contributed by atoms with Gasteiger partial charge in [0.1, 0.15) is 11.3 Å². The van der Waals surface area contributed by atoms with E-state index in [4.69, 9.17) is 4.74 Å². The Morgan fingerprint density at radius 3 is 2.86 bits per heavy atom. The highest BCUT2D eigenvalue weighted by Crippen LogP contribution is 2.33. The van der Waals surface area contributed by atoms with Crippen LogP contribution in [0.15, 0.2) is 0 Å². The molecule has 1 aliphatic carbocycles. The van der Waals surface area contributed by atoms with Gasteiger partial charge in [0.25, 0.3) is 0 Å². The van der Waals surface area contributed by atoms with Crippen LogP contribution in [0.2, 0.25) is 0 Å². The molecule has 3 amide bonds. The predicted molar refractivity (Wildman–Crippen MR) is 106 cm³/mol. The summed E-state index contributed by atoms with van der Waals surface area (Å²) in [4.78, 5) is 26.3. The molecule has 9 heteroatoms. The first kappa shape index (κ1) is 20.1. The van der Waals surface area contributed by atoms with Crippen molar-refractivity contribution in [2.45, 2.75) is 71.2 Å². The molecule has 1 saturated carbocycles. The first-order chi connectivity index (χ1) is 14.0. The zero-order chi connectivity index (χ0) is 20.4. The van der Waals surface area contributed by atoms with Crippen LogP contribution in [-0.2, 0) is 29.2 Å². The number of urea groups is 1. The standard InChI is InChI=1S/C20H32N6O3/c1-14(2)6-8-21-19(28)25-9-3-7-20(12-25)13-26-17(11-29-20)16(23-24-26)10-22-18(27)15-4-5-15/h14-15H,3-13H2,1-2H3,(H,21,28)(H,22,27). The van der Waals surface area contributed by atoms with Gasteiger partial charge in [-0.1, -0.05) is 19.1 Å². The summed E-state index contributed by atoms with van der Waals surface area (Å²) in [6, 6.07) is -0.0128. The van der Waals surface area contributed by atoms with Crippen LogP contribution in [0.4, 0.5) is 4.79 Å². The number of likely N-dealkylation sites (tertiary alicyclic amines) is 1. The number of fused-ring (bicyclic) bond motifs is 1. The summed E-state index contributed by atoms with van der Waals surface area (Å²) in [5.41, 5.74) is 1.28. The molecule has 4 rings (SSSR count). The fraction of sp³-hybridized carbons (Fsp3) is 0.800. The molecule has 1 spiro atoms. The number of carbonyl (C=O) groups excluding carboxylic acids is 2. The average Bonchev–Trinajstić information content (AvgIpc) is 3.47. The highest BCUT2D eigenvalue weighted by atomic mass is 16.5. The fourth-order valence-corrected chi connectivity index (χ4v) is 4.09. The minimum atomic E-state index is -0.414. The lowest BCUT2D eigenvalue weighted by atomic mass is 9.91. The van der Waals surface area contributed by atoms with Gasteiger partial charge in [-0.2, -0.15) is 0 Å². The molecule has 1 aromatic heterocycles.